The molecule has 1 heterocycles. The number of methoxy groups -OCH3 is 1. The van der Waals surface area contributed by atoms with E-state index in [0.29, 0.717) is 23.9 Å². The van der Waals surface area contributed by atoms with Gasteiger partial charge in [0.2, 0.25) is 5.72 Å². The van der Waals surface area contributed by atoms with E-state index in [1.807, 2.05) is 18.5 Å². The Morgan fingerprint density at radius 2 is 1.78 bits per heavy atom. The number of carbonyl (C=O) groups excluding carboxylic acids is 1. The number of rotatable bonds is 9. The minimum absolute atomic E-state index is 0.0792. The molecule has 0 N–H and O–H groups in total. The molecule has 1 aliphatic heterocycles. The summed E-state index contributed by atoms with van der Waals surface area (Å²) in [4.78, 5) is 22.4. The lowest BCUT2D eigenvalue weighted by molar-refractivity contribution is -0.0838. The van der Waals surface area contributed by atoms with Gasteiger partial charge in [0.25, 0.3) is 0 Å². The zero-order valence-corrected chi connectivity index (χ0v) is 24.0. The second kappa shape index (κ2) is 12.8. The highest BCUT2D eigenvalue weighted by Gasteiger charge is 2.54. The van der Waals surface area contributed by atoms with Gasteiger partial charge in [-0.25, -0.2) is 9.79 Å². The van der Waals surface area contributed by atoms with Crippen LogP contribution in [0.4, 0.5) is 4.79 Å². The molecule has 0 bridgehead atoms. The highest BCUT2D eigenvalue weighted by Crippen LogP contribution is 2.47. The smallest absolute Gasteiger partial charge is 0.438 e. The van der Waals surface area contributed by atoms with Crippen LogP contribution in [-0.4, -0.2) is 61.3 Å². The lowest BCUT2D eigenvalue weighted by Gasteiger charge is -2.47. The Morgan fingerprint density at radius 1 is 1.11 bits per heavy atom. The van der Waals surface area contributed by atoms with Gasteiger partial charge in [0.05, 0.1) is 19.5 Å². The van der Waals surface area contributed by atoms with Crippen molar-refractivity contribution in [3.8, 4) is 0 Å². The van der Waals surface area contributed by atoms with Gasteiger partial charge in [0.15, 0.2) is 0 Å². The van der Waals surface area contributed by atoms with Crippen LogP contribution < -0.4 is 0 Å². The van der Waals surface area contributed by atoms with E-state index in [0.717, 1.165) is 50.0 Å². The first kappa shape index (κ1) is 28.2. The van der Waals surface area contributed by atoms with E-state index in [9.17, 15) is 4.79 Å². The number of unbranched alkanes of at least 4 members (excludes halogenated alkanes) is 1. The Morgan fingerprint density at radius 3 is 2.38 bits per heavy atom. The zero-order chi connectivity index (χ0) is 26.4. The number of hydrogen-bond acceptors (Lipinski definition) is 6. The first-order chi connectivity index (χ1) is 17.9. The molecule has 2 fully saturated rings. The van der Waals surface area contributed by atoms with Gasteiger partial charge in [-0.15, -0.1) is 0 Å². The SMILES string of the molecule is CCCCC1(OC(=O)OC)N=CN(C2CCCCC2)C1C1CCC(C(c2ccc(Cl)cc2)N(C)C)CC1. The highest BCUT2D eigenvalue weighted by molar-refractivity contribution is 6.30. The average molecular weight is 532 g/mol. The molecular weight excluding hydrogens is 486 g/mol. The molecule has 2 saturated carbocycles. The molecule has 0 saturated heterocycles. The maximum atomic E-state index is 12.5. The molecule has 7 heteroatoms. The lowest BCUT2D eigenvalue weighted by Crippen LogP contribution is -2.56. The van der Waals surface area contributed by atoms with Gasteiger partial charge < -0.3 is 19.3 Å². The maximum Gasteiger partial charge on any atom is 0.510 e. The van der Waals surface area contributed by atoms with Gasteiger partial charge in [0, 0.05) is 23.5 Å². The first-order valence-corrected chi connectivity index (χ1v) is 14.8. The van der Waals surface area contributed by atoms with Crippen LogP contribution in [0.25, 0.3) is 0 Å². The van der Waals surface area contributed by atoms with Crippen molar-refractivity contribution in [2.75, 3.05) is 21.2 Å². The molecule has 2 aliphatic carbocycles. The van der Waals surface area contributed by atoms with Crippen molar-refractivity contribution in [2.45, 2.75) is 108 Å². The zero-order valence-electron chi connectivity index (χ0n) is 23.2. The molecule has 3 aliphatic rings. The summed E-state index contributed by atoms with van der Waals surface area (Å²) >= 11 is 6.19. The van der Waals surface area contributed by atoms with Crippen LogP contribution in [0, 0.1) is 11.8 Å². The molecule has 1 aromatic rings. The van der Waals surface area contributed by atoms with Crippen molar-refractivity contribution in [1.29, 1.82) is 0 Å². The quantitative estimate of drug-likeness (QED) is 0.309. The standard InChI is InChI=1S/C30H46ClN3O3/c1-5-6-20-30(37-29(35)36-4)28(34(21-32-30)26-10-8-7-9-11-26)24-14-12-22(13-15-24)27(33(2)3)23-16-18-25(31)19-17-23/h16-19,21-22,24,26-28H,5-15,20H2,1-4H3. The predicted molar refractivity (Wildman–Crippen MR) is 150 cm³/mol. The fourth-order valence-corrected chi connectivity index (χ4v) is 7.38. The largest absolute Gasteiger partial charge is 0.510 e. The Hall–Kier alpha value is -1.79. The van der Waals surface area contributed by atoms with Crippen LogP contribution in [0.15, 0.2) is 29.3 Å². The Labute approximate surface area is 228 Å². The molecule has 0 spiro atoms. The normalized spacial score (nSPS) is 29.5. The summed E-state index contributed by atoms with van der Waals surface area (Å²) in [6.45, 7) is 2.18. The average Bonchev–Trinajstić information content (AvgIpc) is 3.28. The molecule has 37 heavy (non-hydrogen) atoms. The van der Waals surface area contributed by atoms with Crippen LogP contribution in [0.3, 0.4) is 0 Å². The minimum atomic E-state index is -0.852. The Bertz CT molecular complexity index is 894. The number of halogens is 1. The monoisotopic (exact) mass is 531 g/mol. The molecule has 1 aromatic carbocycles. The summed E-state index contributed by atoms with van der Waals surface area (Å²) in [5, 5.41) is 0.781. The van der Waals surface area contributed by atoms with Crippen LogP contribution in [0.1, 0.15) is 95.6 Å². The molecular formula is C30H46ClN3O3. The van der Waals surface area contributed by atoms with Gasteiger partial charge >= 0.3 is 6.16 Å². The van der Waals surface area contributed by atoms with E-state index in [1.165, 1.54) is 44.8 Å². The van der Waals surface area contributed by atoms with Crippen LogP contribution >= 0.6 is 11.6 Å². The molecule has 0 aromatic heterocycles. The molecule has 206 valence electrons. The molecule has 0 radical (unpaired) electrons. The van der Waals surface area contributed by atoms with E-state index < -0.39 is 11.9 Å². The summed E-state index contributed by atoms with van der Waals surface area (Å²) in [7, 11) is 5.76. The summed E-state index contributed by atoms with van der Waals surface area (Å²) in [5.41, 5.74) is 0.479. The van der Waals surface area contributed by atoms with E-state index in [-0.39, 0.29) is 6.04 Å². The number of hydrogen-bond donors (Lipinski definition) is 0. The maximum absolute atomic E-state index is 12.5. The second-order valence-electron chi connectivity index (χ2n) is 11.6. The highest BCUT2D eigenvalue weighted by atomic mass is 35.5. The van der Waals surface area contributed by atoms with Crippen LogP contribution in [0.2, 0.25) is 5.02 Å². The van der Waals surface area contributed by atoms with Crippen molar-refractivity contribution in [2.24, 2.45) is 16.8 Å². The van der Waals surface area contributed by atoms with Crippen LogP contribution in [-0.2, 0) is 9.47 Å². The summed E-state index contributed by atoms with van der Waals surface area (Å²) in [5.74, 6) is 1.000. The summed E-state index contributed by atoms with van der Waals surface area (Å²) < 4.78 is 11.1. The van der Waals surface area contributed by atoms with E-state index in [2.05, 4.69) is 43.0 Å². The second-order valence-corrected chi connectivity index (χ2v) is 12.0. The molecule has 6 nitrogen and oxygen atoms in total. The van der Waals surface area contributed by atoms with Crippen molar-refractivity contribution in [3.63, 3.8) is 0 Å². The lowest BCUT2D eigenvalue weighted by atomic mass is 9.71. The number of carbonyl (C=O) groups is 1. The van der Waals surface area contributed by atoms with Crippen LogP contribution in [0.5, 0.6) is 0 Å². The number of ether oxygens (including phenoxy) is 2. The third-order valence-electron chi connectivity index (χ3n) is 8.98. The predicted octanol–water partition coefficient (Wildman–Crippen LogP) is 7.46. The van der Waals surface area contributed by atoms with Gasteiger partial charge in [-0.3, -0.25) is 0 Å². The van der Waals surface area contributed by atoms with Crippen molar-refractivity contribution in [1.82, 2.24) is 9.80 Å². The Kier molecular flexibility index (Phi) is 9.79. The van der Waals surface area contributed by atoms with Crippen molar-refractivity contribution in [3.05, 3.63) is 34.9 Å². The summed E-state index contributed by atoms with van der Waals surface area (Å²) in [6.07, 6.45) is 14.9. The first-order valence-electron chi connectivity index (χ1n) is 14.4. The molecule has 0 amide bonds. The van der Waals surface area contributed by atoms with E-state index >= 15 is 0 Å². The van der Waals surface area contributed by atoms with Gasteiger partial charge in [-0.2, -0.15) is 0 Å². The van der Waals surface area contributed by atoms with E-state index in [4.69, 9.17) is 26.1 Å². The number of benzene rings is 1. The van der Waals surface area contributed by atoms with Gasteiger partial charge in [0.1, 0.15) is 0 Å². The fourth-order valence-electron chi connectivity index (χ4n) is 7.25. The van der Waals surface area contributed by atoms with Gasteiger partial charge in [-0.05, 0) is 88.6 Å². The fraction of sp³-hybridized carbons (Fsp3) is 0.733. The van der Waals surface area contributed by atoms with E-state index in [1.54, 1.807) is 0 Å². The number of nitrogens with zero attached hydrogens (tertiary/aromatic N) is 3. The van der Waals surface area contributed by atoms with Gasteiger partial charge in [-0.1, -0.05) is 56.3 Å². The third kappa shape index (κ3) is 6.44. The third-order valence-corrected chi connectivity index (χ3v) is 9.23. The Balaban J connectivity index is 1.56. The topological polar surface area (TPSA) is 54.4 Å². The molecule has 4 rings (SSSR count). The molecule has 3 unspecified atom stereocenters. The number of aliphatic imine (C=N–C) groups is 1. The van der Waals surface area contributed by atoms with Crippen molar-refractivity contribution >= 4 is 24.1 Å². The summed E-state index contributed by atoms with van der Waals surface area (Å²) in [6, 6.07) is 9.28. The van der Waals surface area contributed by atoms with Crippen molar-refractivity contribution < 1.29 is 14.3 Å². The minimum Gasteiger partial charge on any atom is -0.438 e. The molecule has 3 atom stereocenters.